The predicted octanol–water partition coefficient (Wildman–Crippen LogP) is 21.2. The molecular weight excluding hydrogens is 877 g/mol. The van der Waals surface area contributed by atoms with E-state index in [2.05, 4.69) is 57.2 Å². The molecule has 0 amide bonds. The highest BCUT2D eigenvalue weighted by atomic mass is 16.6. The lowest BCUT2D eigenvalue weighted by Gasteiger charge is -2.18. The Hall–Kier alpha value is -2.37. The predicted molar refractivity (Wildman–Crippen MR) is 307 cm³/mol. The smallest absolute Gasteiger partial charge is 0.306 e. The minimum absolute atomic E-state index is 0.0700. The van der Waals surface area contributed by atoms with Gasteiger partial charge in [0.1, 0.15) is 13.2 Å². The summed E-state index contributed by atoms with van der Waals surface area (Å²) in [6, 6.07) is 0. The van der Waals surface area contributed by atoms with Crippen molar-refractivity contribution in [3.8, 4) is 0 Å². The molecule has 1 unspecified atom stereocenters. The Morgan fingerprint density at radius 1 is 0.282 bits per heavy atom. The van der Waals surface area contributed by atoms with Gasteiger partial charge in [-0.3, -0.25) is 14.4 Å². The fourth-order valence-electron chi connectivity index (χ4n) is 9.35. The zero-order valence-electron chi connectivity index (χ0n) is 47.8. The number of allylic oxidation sites excluding steroid dienone is 6. The molecule has 0 aliphatic carbocycles. The van der Waals surface area contributed by atoms with Crippen LogP contribution in [0.4, 0.5) is 0 Å². The second kappa shape index (κ2) is 60.2. The Morgan fingerprint density at radius 3 is 0.817 bits per heavy atom. The molecule has 0 radical (unpaired) electrons. The molecule has 0 aliphatic heterocycles. The lowest BCUT2D eigenvalue weighted by Crippen LogP contribution is -2.30. The lowest BCUT2D eigenvalue weighted by molar-refractivity contribution is -0.167. The van der Waals surface area contributed by atoms with Crippen molar-refractivity contribution in [3.63, 3.8) is 0 Å². The van der Waals surface area contributed by atoms with Gasteiger partial charge in [-0.2, -0.15) is 0 Å². The fourth-order valence-corrected chi connectivity index (χ4v) is 9.35. The lowest BCUT2D eigenvalue weighted by atomic mass is 10.0. The summed E-state index contributed by atoms with van der Waals surface area (Å²) in [5.41, 5.74) is 0. The first-order valence-corrected chi connectivity index (χ1v) is 31.5. The van der Waals surface area contributed by atoms with Gasteiger partial charge < -0.3 is 14.2 Å². The molecule has 0 spiro atoms. The van der Waals surface area contributed by atoms with Crippen molar-refractivity contribution in [2.75, 3.05) is 13.2 Å². The van der Waals surface area contributed by atoms with E-state index in [1.165, 1.54) is 238 Å². The van der Waals surface area contributed by atoms with Crippen molar-refractivity contribution < 1.29 is 28.6 Å². The van der Waals surface area contributed by atoms with Gasteiger partial charge in [-0.1, -0.05) is 282 Å². The molecule has 6 heteroatoms. The van der Waals surface area contributed by atoms with Gasteiger partial charge in [0.2, 0.25) is 0 Å². The number of unbranched alkanes of at least 4 members (excludes halogenated alkanes) is 41. The fraction of sp³-hybridized carbons (Fsp3) is 0.862. The largest absolute Gasteiger partial charge is 0.462 e. The number of carbonyl (C=O) groups excluding carboxylic acids is 3. The number of esters is 3. The van der Waals surface area contributed by atoms with Crippen molar-refractivity contribution in [1.82, 2.24) is 0 Å². The van der Waals surface area contributed by atoms with Crippen LogP contribution < -0.4 is 0 Å². The van der Waals surface area contributed by atoms with Gasteiger partial charge in [-0.15, -0.1) is 0 Å². The Labute approximate surface area is 442 Å². The summed E-state index contributed by atoms with van der Waals surface area (Å²) in [4.78, 5) is 38.0. The second-order valence-corrected chi connectivity index (χ2v) is 21.3. The van der Waals surface area contributed by atoms with Crippen LogP contribution in [0.2, 0.25) is 0 Å². The van der Waals surface area contributed by atoms with Gasteiger partial charge in [0.25, 0.3) is 0 Å². The summed E-state index contributed by atoms with van der Waals surface area (Å²) in [6.45, 7) is 6.62. The molecule has 0 aromatic carbocycles. The topological polar surface area (TPSA) is 78.9 Å². The van der Waals surface area contributed by atoms with Crippen molar-refractivity contribution in [2.45, 2.75) is 348 Å². The number of hydrogen-bond donors (Lipinski definition) is 0. The summed E-state index contributed by atoms with van der Waals surface area (Å²) >= 11 is 0. The van der Waals surface area contributed by atoms with Crippen molar-refractivity contribution in [3.05, 3.63) is 36.5 Å². The maximum atomic E-state index is 12.8. The number of hydrogen-bond acceptors (Lipinski definition) is 6. The molecule has 0 aromatic heterocycles. The average Bonchev–Trinajstić information content (AvgIpc) is 3.37. The van der Waals surface area contributed by atoms with Crippen LogP contribution in [0.3, 0.4) is 0 Å². The van der Waals surface area contributed by atoms with Crippen LogP contribution in [0.15, 0.2) is 36.5 Å². The first kappa shape index (κ1) is 68.6. The molecule has 0 aromatic rings. The molecule has 71 heavy (non-hydrogen) atoms. The maximum Gasteiger partial charge on any atom is 0.306 e. The third kappa shape index (κ3) is 58.4. The second-order valence-electron chi connectivity index (χ2n) is 21.3. The molecule has 0 saturated carbocycles. The van der Waals surface area contributed by atoms with Crippen LogP contribution in [-0.2, 0) is 28.6 Å². The Balaban J connectivity index is 4.07. The van der Waals surface area contributed by atoms with E-state index in [-0.39, 0.29) is 31.1 Å². The number of rotatable bonds is 58. The van der Waals surface area contributed by atoms with Gasteiger partial charge in [0, 0.05) is 19.3 Å². The SMILES string of the molecule is CCCCC/C=C\C/C=C\CCCCCCCCCCCC(=O)OC(COC(=O)CCCCCCCCC)COC(=O)CCCCCCCCCCCCCCCCC/C=C\CCCCCCCCCC. The van der Waals surface area contributed by atoms with Gasteiger partial charge in [-0.25, -0.2) is 0 Å². The molecule has 0 fully saturated rings. The van der Waals surface area contributed by atoms with E-state index in [0.29, 0.717) is 19.3 Å². The van der Waals surface area contributed by atoms with Crippen LogP contribution in [-0.4, -0.2) is 37.2 Å². The molecule has 0 bridgehead atoms. The molecule has 6 nitrogen and oxygen atoms in total. The monoisotopic (exact) mass is 997 g/mol. The molecule has 0 heterocycles. The van der Waals surface area contributed by atoms with Gasteiger partial charge >= 0.3 is 17.9 Å². The third-order valence-electron chi connectivity index (χ3n) is 14.1. The minimum atomic E-state index is -0.770. The van der Waals surface area contributed by atoms with E-state index in [0.717, 1.165) is 64.2 Å². The van der Waals surface area contributed by atoms with E-state index < -0.39 is 6.10 Å². The van der Waals surface area contributed by atoms with Crippen LogP contribution in [0.5, 0.6) is 0 Å². The summed E-state index contributed by atoms with van der Waals surface area (Å²) in [5, 5.41) is 0. The highest BCUT2D eigenvalue weighted by Crippen LogP contribution is 2.17. The first-order valence-electron chi connectivity index (χ1n) is 31.5. The van der Waals surface area contributed by atoms with Crippen LogP contribution in [0.25, 0.3) is 0 Å². The molecular formula is C65H120O6. The van der Waals surface area contributed by atoms with E-state index in [9.17, 15) is 14.4 Å². The summed E-state index contributed by atoms with van der Waals surface area (Å²) in [5.74, 6) is -0.862. The summed E-state index contributed by atoms with van der Waals surface area (Å²) in [7, 11) is 0. The normalized spacial score (nSPS) is 12.2. The highest BCUT2D eigenvalue weighted by Gasteiger charge is 2.19. The highest BCUT2D eigenvalue weighted by molar-refractivity contribution is 5.71. The van der Waals surface area contributed by atoms with E-state index >= 15 is 0 Å². The van der Waals surface area contributed by atoms with Gasteiger partial charge in [-0.05, 0) is 77.0 Å². The zero-order chi connectivity index (χ0) is 51.4. The van der Waals surface area contributed by atoms with E-state index in [1.54, 1.807) is 0 Å². The quantitative estimate of drug-likeness (QED) is 0.0261. The Bertz CT molecular complexity index is 1190. The van der Waals surface area contributed by atoms with Gasteiger partial charge in [0.05, 0.1) is 0 Å². The minimum Gasteiger partial charge on any atom is -0.462 e. The van der Waals surface area contributed by atoms with Crippen molar-refractivity contribution in [1.29, 1.82) is 0 Å². The van der Waals surface area contributed by atoms with Crippen molar-refractivity contribution in [2.24, 2.45) is 0 Å². The number of ether oxygens (including phenoxy) is 3. The molecule has 416 valence electrons. The van der Waals surface area contributed by atoms with Crippen molar-refractivity contribution >= 4 is 17.9 Å². The average molecular weight is 998 g/mol. The first-order chi connectivity index (χ1) is 35.0. The number of carbonyl (C=O) groups is 3. The van der Waals surface area contributed by atoms with E-state index in [1.807, 2.05) is 0 Å². The third-order valence-corrected chi connectivity index (χ3v) is 14.1. The molecule has 0 aliphatic rings. The van der Waals surface area contributed by atoms with Crippen LogP contribution in [0.1, 0.15) is 342 Å². The zero-order valence-corrected chi connectivity index (χ0v) is 47.8. The Kier molecular flexibility index (Phi) is 58.2. The maximum absolute atomic E-state index is 12.8. The van der Waals surface area contributed by atoms with E-state index in [4.69, 9.17) is 14.2 Å². The van der Waals surface area contributed by atoms with Crippen LogP contribution >= 0.6 is 0 Å². The molecule has 0 saturated heterocycles. The van der Waals surface area contributed by atoms with Crippen LogP contribution in [0, 0.1) is 0 Å². The standard InChI is InChI=1S/C65H120O6/c1-4-7-10-13-16-18-20-22-24-26-28-29-30-31-32-33-34-35-37-38-40-42-44-46-49-52-55-58-64(67)70-61-62(60-69-63(66)57-54-51-48-15-12-9-6-3)71-65(68)59-56-53-50-47-45-43-41-39-36-27-25-23-21-19-17-14-11-8-5-2/h17,19,23,25-26,28,62H,4-16,18,20-22,24,27,29-61H2,1-3H3/b19-17-,25-23-,28-26-. The molecule has 0 rings (SSSR count). The molecule has 0 N–H and O–H groups in total. The van der Waals surface area contributed by atoms with Gasteiger partial charge in [0.15, 0.2) is 6.10 Å². The Morgan fingerprint density at radius 2 is 0.507 bits per heavy atom. The molecule has 1 atom stereocenters. The summed E-state index contributed by atoms with van der Waals surface area (Å²) in [6.07, 6.45) is 73.2. The summed E-state index contributed by atoms with van der Waals surface area (Å²) < 4.78 is 16.8.